The molecule has 1 fully saturated rings. The number of benzene rings is 1. The summed E-state index contributed by atoms with van der Waals surface area (Å²) < 4.78 is 11.8. The molecule has 1 aromatic rings. The van der Waals surface area contributed by atoms with Gasteiger partial charge in [0.1, 0.15) is 12.7 Å². The number of carbonyl (C=O) groups is 1. The van der Waals surface area contributed by atoms with Gasteiger partial charge < -0.3 is 14.8 Å². The van der Waals surface area contributed by atoms with Gasteiger partial charge in [0.15, 0.2) is 11.5 Å². The maximum atomic E-state index is 11.0. The third-order valence-corrected chi connectivity index (χ3v) is 4.38. The topological polar surface area (TPSA) is 50.8 Å². The van der Waals surface area contributed by atoms with Gasteiger partial charge in [0.05, 0.1) is 0 Å². The second-order valence-corrected chi connectivity index (χ2v) is 6.18. The van der Waals surface area contributed by atoms with E-state index in [1.165, 1.54) is 0 Å². The molecule has 1 N–H and O–H groups in total. The third-order valence-electron chi connectivity index (χ3n) is 4.38. The van der Waals surface area contributed by atoms with E-state index in [2.05, 4.69) is 10.2 Å². The highest BCUT2D eigenvalue weighted by Gasteiger charge is 2.26. The quantitative estimate of drug-likeness (QED) is 0.919. The zero-order chi connectivity index (χ0) is 15.4. The van der Waals surface area contributed by atoms with Gasteiger partial charge in [0.25, 0.3) is 0 Å². The van der Waals surface area contributed by atoms with Crippen molar-refractivity contribution in [1.82, 2.24) is 10.2 Å². The van der Waals surface area contributed by atoms with E-state index in [4.69, 9.17) is 9.47 Å². The van der Waals surface area contributed by atoms with Crippen LogP contribution in [0.1, 0.15) is 19.8 Å². The molecule has 1 saturated heterocycles. The van der Waals surface area contributed by atoms with Crippen LogP contribution in [0.25, 0.3) is 0 Å². The van der Waals surface area contributed by atoms with Gasteiger partial charge in [-0.3, -0.25) is 9.69 Å². The van der Waals surface area contributed by atoms with Crippen LogP contribution in [0.15, 0.2) is 24.3 Å². The van der Waals surface area contributed by atoms with Gasteiger partial charge in [0.2, 0.25) is 5.91 Å². The van der Waals surface area contributed by atoms with E-state index < -0.39 is 0 Å². The van der Waals surface area contributed by atoms with Crippen LogP contribution in [0.2, 0.25) is 0 Å². The molecule has 0 radical (unpaired) electrons. The summed E-state index contributed by atoms with van der Waals surface area (Å²) in [6.45, 7) is 6.02. The van der Waals surface area contributed by atoms with Crippen LogP contribution in [0.4, 0.5) is 0 Å². The van der Waals surface area contributed by atoms with E-state index in [0.717, 1.165) is 50.5 Å². The number of nitrogens with zero attached hydrogens (tertiary/aromatic N) is 1. The molecule has 0 bridgehead atoms. The van der Waals surface area contributed by atoms with Crippen LogP contribution < -0.4 is 14.8 Å². The van der Waals surface area contributed by atoms with Gasteiger partial charge in [-0.15, -0.1) is 0 Å². The fourth-order valence-corrected chi connectivity index (χ4v) is 3.10. The molecule has 1 atom stereocenters. The molecule has 3 rings (SSSR count). The minimum Gasteiger partial charge on any atom is -0.486 e. The Bertz CT molecular complexity index is 512. The third kappa shape index (κ3) is 3.91. The normalized spacial score (nSPS) is 22.3. The monoisotopic (exact) mass is 304 g/mol. The molecule has 1 unspecified atom stereocenters. The summed E-state index contributed by atoms with van der Waals surface area (Å²) >= 11 is 0. The molecule has 0 saturated carbocycles. The Labute approximate surface area is 131 Å². The lowest BCUT2D eigenvalue weighted by Crippen LogP contribution is -2.45. The molecular weight excluding hydrogens is 280 g/mol. The average Bonchev–Trinajstić information content (AvgIpc) is 2.54. The van der Waals surface area contributed by atoms with Gasteiger partial charge in [-0.05, 0) is 44.0 Å². The van der Waals surface area contributed by atoms with Crippen LogP contribution in [0.3, 0.4) is 0 Å². The summed E-state index contributed by atoms with van der Waals surface area (Å²) in [6, 6.07) is 7.83. The van der Waals surface area contributed by atoms with E-state index in [-0.39, 0.29) is 12.0 Å². The van der Waals surface area contributed by atoms with Gasteiger partial charge in [-0.2, -0.15) is 0 Å². The predicted molar refractivity (Wildman–Crippen MR) is 84.2 cm³/mol. The number of hydrogen-bond acceptors (Lipinski definition) is 4. The van der Waals surface area contributed by atoms with Crippen LogP contribution >= 0.6 is 0 Å². The Morgan fingerprint density at radius 3 is 2.73 bits per heavy atom. The molecule has 1 amide bonds. The van der Waals surface area contributed by atoms with Crippen LogP contribution in [0, 0.1) is 5.92 Å². The molecule has 22 heavy (non-hydrogen) atoms. The first kappa shape index (κ1) is 15.2. The Hall–Kier alpha value is -1.75. The second kappa shape index (κ2) is 7.01. The molecule has 2 heterocycles. The highest BCUT2D eigenvalue weighted by Crippen LogP contribution is 2.31. The number of fused-ring (bicyclic) bond motifs is 1. The molecule has 5 nitrogen and oxygen atoms in total. The summed E-state index contributed by atoms with van der Waals surface area (Å²) in [5, 5.41) is 2.92. The van der Waals surface area contributed by atoms with Crippen molar-refractivity contribution in [3.8, 4) is 11.5 Å². The van der Waals surface area contributed by atoms with Gasteiger partial charge in [0, 0.05) is 20.0 Å². The molecule has 120 valence electrons. The fraction of sp³-hybridized carbons (Fsp3) is 0.588. The standard InChI is InChI=1S/C17H24N2O3/c1-13(20)18-10-14-6-8-19(9-7-14)11-15-12-21-16-4-2-3-5-17(16)22-15/h2-5,14-15H,6-12H2,1H3,(H,18,20). The van der Waals surface area contributed by atoms with Crippen LogP contribution in [-0.4, -0.2) is 49.7 Å². The molecule has 2 aliphatic heterocycles. The predicted octanol–water partition coefficient (Wildman–Crippen LogP) is 1.67. The van der Waals surface area contributed by atoms with Crippen molar-refractivity contribution < 1.29 is 14.3 Å². The molecule has 2 aliphatic rings. The van der Waals surface area contributed by atoms with Crippen molar-refractivity contribution >= 4 is 5.91 Å². The van der Waals surface area contributed by atoms with Crippen molar-refractivity contribution in [3.63, 3.8) is 0 Å². The minimum atomic E-state index is 0.0637. The number of likely N-dealkylation sites (tertiary alicyclic amines) is 1. The summed E-state index contributed by atoms with van der Waals surface area (Å²) in [5.41, 5.74) is 0. The van der Waals surface area contributed by atoms with Crippen molar-refractivity contribution in [3.05, 3.63) is 24.3 Å². The van der Waals surface area contributed by atoms with Crippen LogP contribution in [0.5, 0.6) is 11.5 Å². The molecular formula is C17H24N2O3. The van der Waals surface area contributed by atoms with Crippen molar-refractivity contribution in [2.45, 2.75) is 25.9 Å². The van der Waals surface area contributed by atoms with Gasteiger partial charge in [-0.25, -0.2) is 0 Å². The molecule has 0 spiro atoms. The van der Waals surface area contributed by atoms with Crippen molar-refractivity contribution in [2.24, 2.45) is 5.92 Å². The van der Waals surface area contributed by atoms with E-state index in [9.17, 15) is 4.79 Å². The number of hydrogen-bond donors (Lipinski definition) is 1. The Balaban J connectivity index is 1.43. The number of ether oxygens (including phenoxy) is 2. The first-order valence-electron chi connectivity index (χ1n) is 8.06. The zero-order valence-corrected chi connectivity index (χ0v) is 13.1. The number of rotatable bonds is 4. The van der Waals surface area contributed by atoms with Gasteiger partial charge in [-0.1, -0.05) is 12.1 Å². The highest BCUT2D eigenvalue weighted by atomic mass is 16.6. The van der Waals surface area contributed by atoms with Crippen molar-refractivity contribution in [1.29, 1.82) is 0 Å². The summed E-state index contributed by atoms with van der Waals surface area (Å²) in [6.07, 6.45) is 2.36. The maximum Gasteiger partial charge on any atom is 0.216 e. The fourth-order valence-electron chi connectivity index (χ4n) is 3.10. The molecule has 0 aromatic heterocycles. The Morgan fingerprint density at radius 2 is 2.00 bits per heavy atom. The largest absolute Gasteiger partial charge is 0.486 e. The summed E-state index contributed by atoms with van der Waals surface area (Å²) in [4.78, 5) is 13.4. The molecule has 0 aliphatic carbocycles. The van der Waals surface area contributed by atoms with Gasteiger partial charge >= 0.3 is 0 Å². The number of para-hydroxylation sites is 2. The number of nitrogens with one attached hydrogen (secondary N) is 1. The summed E-state index contributed by atoms with van der Waals surface area (Å²) in [7, 11) is 0. The van der Waals surface area contributed by atoms with E-state index in [1.54, 1.807) is 6.92 Å². The molecule has 1 aromatic carbocycles. The first-order chi connectivity index (χ1) is 10.7. The Kier molecular flexibility index (Phi) is 4.83. The lowest BCUT2D eigenvalue weighted by atomic mass is 9.96. The second-order valence-electron chi connectivity index (χ2n) is 6.18. The number of carbonyl (C=O) groups excluding carboxylic acids is 1. The first-order valence-corrected chi connectivity index (χ1v) is 8.06. The highest BCUT2D eigenvalue weighted by molar-refractivity contribution is 5.72. The lowest BCUT2D eigenvalue weighted by Gasteiger charge is -2.35. The SMILES string of the molecule is CC(=O)NCC1CCN(CC2COc3ccccc3O2)CC1. The van der Waals surface area contributed by atoms with E-state index >= 15 is 0 Å². The lowest BCUT2D eigenvalue weighted by molar-refractivity contribution is -0.119. The van der Waals surface area contributed by atoms with Crippen molar-refractivity contribution in [2.75, 3.05) is 32.8 Å². The minimum absolute atomic E-state index is 0.0637. The Morgan fingerprint density at radius 1 is 1.27 bits per heavy atom. The zero-order valence-electron chi connectivity index (χ0n) is 13.1. The van der Waals surface area contributed by atoms with Crippen LogP contribution in [-0.2, 0) is 4.79 Å². The van der Waals surface area contributed by atoms with E-state index in [0.29, 0.717) is 12.5 Å². The maximum absolute atomic E-state index is 11.0. The number of amides is 1. The smallest absolute Gasteiger partial charge is 0.216 e. The molecule has 5 heteroatoms. The van der Waals surface area contributed by atoms with E-state index in [1.807, 2.05) is 24.3 Å². The summed E-state index contributed by atoms with van der Waals surface area (Å²) in [5.74, 6) is 2.35. The average molecular weight is 304 g/mol. The number of piperidine rings is 1.